The molecule has 0 N–H and O–H groups in total. The fraction of sp³-hybridized carbons (Fsp3) is 0.176. The summed E-state index contributed by atoms with van der Waals surface area (Å²) in [5.74, 6) is 0. The summed E-state index contributed by atoms with van der Waals surface area (Å²) in [6.07, 6.45) is 3.30. The van der Waals surface area contributed by atoms with Crippen LogP contribution in [0.25, 0.3) is 0 Å². The third-order valence-electron chi connectivity index (χ3n) is 2.66. The Hall–Kier alpha value is -2.22. The Morgan fingerprint density at radius 2 is 1.42 bits per heavy atom. The van der Waals surface area contributed by atoms with Gasteiger partial charge < -0.3 is 0 Å². The molecule has 0 bridgehead atoms. The number of carbonyl (C=O) groups excluding carboxylic acids is 2. The quantitative estimate of drug-likeness (QED) is 0.774. The summed E-state index contributed by atoms with van der Waals surface area (Å²) in [7, 11) is 0. The zero-order valence-electron chi connectivity index (χ0n) is 11.1. The molecule has 0 atom stereocenters. The molecule has 0 amide bonds. The van der Waals surface area contributed by atoms with Gasteiger partial charge in [0.05, 0.1) is 0 Å². The van der Waals surface area contributed by atoms with Crippen molar-refractivity contribution < 1.29 is 9.59 Å². The first kappa shape index (κ1) is 14.8. The molecule has 2 rings (SSSR count). The molecule has 0 unspecified atom stereocenters. The maximum Gasteiger partial charge on any atom is 0.151 e. The lowest BCUT2D eigenvalue weighted by Gasteiger charge is -2.04. The Bertz CT molecular complexity index is 477. The maximum absolute atomic E-state index is 10.7. The molecule has 19 heavy (non-hydrogen) atoms. The number of aldehydes is 2. The fourth-order valence-electron chi connectivity index (χ4n) is 1.75. The lowest BCUT2D eigenvalue weighted by atomic mass is 9.99. The van der Waals surface area contributed by atoms with E-state index in [9.17, 15) is 9.59 Å². The second-order valence-corrected chi connectivity index (χ2v) is 4.06. The zero-order chi connectivity index (χ0) is 13.9. The molecular formula is C17H18O2. The van der Waals surface area contributed by atoms with E-state index in [2.05, 4.69) is 0 Å². The summed E-state index contributed by atoms with van der Waals surface area (Å²) < 4.78 is 0. The average Bonchev–Trinajstić information content (AvgIpc) is 2.49. The van der Waals surface area contributed by atoms with E-state index in [0.29, 0.717) is 11.1 Å². The Morgan fingerprint density at radius 3 is 1.84 bits per heavy atom. The molecule has 2 aromatic carbocycles. The highest BCUT2D eigenvalue weighted by Crippen LogP contribution is 2.12. The minimum absolute atomic E-state index is 0.487. The predicted molar refractivity (Wildman–Crippen MR) is 77.7 cm³/mol. The molecule has 0 heterocycles. The van der Waals surface area contributed by atoms with E-state index in [4.69, 9.17) is 0 Å². The highest BCUT2D eigenvalue weighted by atomic mass is 16.1. The third kappa shape index (κ3) is 4.88. The van der Waals surface area contributed by atoms with Gasteiger partial charge >= 0.3 is 0 Å². The number of rotatable bonds is 4. The molecule has 0 aromatic heterocycles. The SMILES string of the molecule is CCCc1cccc(C=O)c1C=O.c1ccccc1. The van der Waals surface area contributed by atoms with Crippen molar-refractivity contribution in [2.45, 2.75) is 19.8 Å². The summed E-state index contributed by atoms with van der Waals surface area (Å²) >= 11 is 0. The van der Waals surface area contributed by atoms with E-state index in [1.54, 1.807) is 6.07 Å². The summed E-state index contributed by atoms with van der Waals surface area (Å²) in [5, 5.41) is 0. The summed E-state index contributed by atoms with van der Waals surface area (Å²) in [6, 6.07) is 17.4. The van der Waals surface area contributed by atoms with E-state index >= 15 is 0 Å². The van der Waals surface area contributed by atoms with Crippen LogP contribution in [-0.4, -0.2) is 12.6 Å². The minimum atomic E-state index is 0.487. The van der Waals surface area contributed by atoms with E-state index in [-0.39, 0.29) is 0 Å². The second kappa shape index (κ2) is 8.81. The topological polar surface area (TPSA) is 34.1 Å². The van der Waals surface area contributed by atoms with Crippen LogP contribution in [0.4, 0.5) is 0 Å². The first-order chi connectivity index (χ1) is 9.33. The maximum atomic E-state index is 10.7. The molecule has 0 fully saturated rings. The molecule has 98 valence electrons. The largest absolute Gasteiger partial charge is 0.298 e. The van der Waals surface area contributed by atoms with Gasteiger partial charge in [-0.05, 0) is 12.0 Å². The van der Waals surface area contributed by atoms with Crippen molar-refractivity contribution in [3.8, 4) is 0 Å². The van der Waals surface area contributed by atoms with Gasteiger partial charge in [-0.1, -0.05) is 67.9 Å². The minimum Gasteiger partial charge on any atom is -0.298 e. The Morgan fingerprint density at radius 1 is 0.842 bits per heavy atom. The Labute approximate surface area is 114 Å². The Balaban J connectivity index is 0.000000250. The van der Waals surface area contributed by atoms with Gasteiger partial charge in [-0.15, -0.1) is 0 Å². The van der Waals surface area contributed by atoms with Gasteiger partial charge in [0.2, 0.25) is 0 Å². The molecule has 2 aromatic rings. The van der Waals surface area contributed by atoms with Crippen LogP contribution in [-0.2, 0) is 6.42 Å². The molecule has 2 heteroatoms. The van der Waals surface area contributed by atoms with Gasteiger partial charge in [0.25, 0.3) is 0 Å². The lowest BCUT2D eigenvalue weighted by molar-refractivity contribution is 0.109. The average molecular weight is 254 g/mol. The van der Waals surface area contributed by atoms with E-state index < -0.39 is 0 Å². The molecule has 0 aliphatic carbocycles. The highest BCUT2D eigenvalue weighted by molar-refractivity contribution is 5.91. The first-order valence-corrected chi connectivity index (χ1v) is 6.35. The van der Waals surface area contributed by atoms with Gasteiger partial charge in [0, 0.05) is 11.1 Å². The van der Waals surface area contributed by atoms with Crippen LogP contribution in [0.3, 0.4) is 0 Å². The third-order valence-corrected chi connectivity index (χ3v) is 2.66. The van der Waals surface area contributed by atoms with E-state index in [1.807, 2.05) is 55.5 Å². The first-order valence-electron chi connectivity index (χ1n) is 6.35. The number of hydrogen-bond acceptors (Lipinski definition) is 2. The molecule has 0 spiro atoms. The van der Waals surface area contributed by atoms with Crippen molar-refractivity contribution in [3.05, 3.63) is 71.3 Å². The predicted octanol–water partition coefficient (Wildman–Crippen LogP) is 3.95. The molecule has 0 saturated heterocycles. The number of hydrogen-bond donors (Lipinski definition) is 0. The lowest BCUT2D eigenvalue weighted by Crippen LogP contribution is -1.97. The summed E-state index contributed by atoms with van der Waals surface area (Å²) in [6.45, 7) is 2.04. The summed E-state index contributed by atoms with van der Waals surface area (Å²) in [5.41, 5.74) is 1.99. The van der Waals surface area contributed by atoms with Crippen LogP contribution in [0, 0.1) is 0 Å². The molecule has 0 aliphatic rings. The van der Waals surface area contributed by atoms with Crippen molar-refractivity contribution >= 4 is 12.6 Å². The van der Waals surface area contributed by atoms with Crippen LogP contribution in [0.1, 0.15) is 39.6 Å². The van der Waals surface area contributed by atoms with Crippen LogP contribution < -0.4 is 0 Å². The van der Waals surface area contributed by atoms with Crippen LogP contribution >= 0.6 is 0 Å². The second-order valence-electron chi connectivity index (χ2n) is 4.06. The van der Waals surface area contributed by atoms with Crippen molar-refractivity contribution in [2.24, 2.45) is 0 Å². The molecular weight excluding hydrogens is 236 g/mol. The van der Waals surface area contributed by atoms with E-state index in [0.717, 1.165) is 31.0 Å². The van der Waals surface area contributed by atoms with E-state index in [1.165, 1.54) is 0 Å². The van der Waals surface area contributed by atoms with Crippen molar-refractivity contribution in [1.82, 2.24) is 0 Å². The molecule has 0 radical (unpaired) electrons. The molecule has 2 nitrogen and oxygen atoms in total. The van der Waals surface area contributed by atoms with Crippen molar-refractivity contribution in [1.29, 1.82) is 0 Å². The van der Waals surface area contributed by atoms with Crippen LogP contribution in [0.2, 0.25) is 0 Å². The number of carbonyl (C=O) groups is 2. The smallest absolute Gasteiger partial charge is 0.151 e. The van der Waals surface area contributed by atoms with Crippen molar-refractivity contribution in [2.75, 3.05) is 0 Å². The fourth-order valence-corrected chi connectivity index (χ4v) is 1.75. The van der Waals surface area contributed by atoms with Gasteiger partial charge in [-0.3, -0.25) is 9.59 Å². The van der Waals surface area contributed by atoms with Crippen molar-refractivity contribution in [3.63, 3.8) is 0 Å². The van der Waals surface area contributed by atoms with Gasteiger partial charge in [-0.25, -0.2) is 0 Å². The molecule has 0 aliphatic heterocycles. The van der Waals surface area contributed by atoms with Crippen LogP contribution in [0.15, 0.2) is 54.6 Å². The molecule has 0 saturated carbocycles. The summed E-state index contributed by atoms with van der Waals surface area (Å²) in [4.78, 5) is 21.3. The number of aryl methyl sites for hydroxylation is 1. The Kier molecular flexibility index (Phi) is 6.88. The number of benzene rings is 2. The standard InChI is InChI=1S/C11H12O2.C6H6/c1-2-4-9-5-3-6-10(7-12)11(9)8-13;1-2-4-6-5-3-1/h3,5-8H,2,4H2,1H3;1-6H. The normalized spacial score (nSPS) is 9.11. The van der Waals surface area contributed by atoms with Gasteiger partial charge in [0.1, 0.15) is 0 Å². The van der Waals surface area contributed by atoms with Gasteiger partial charge in [0.15, 0.2) is 12.6 Å². The zero-order valence-corrected chi connectivity index (χ0v) is 11.1. The highest BCUT2D eigenvalue weighted by Gasteiger charge is 2.05. The van der Waals surface area contributed by atoms with Crippen LogP contribution in [0.5, 0.6) is 0 Å². The monoisotopic (exact) mass is 254 g/mol. The van der Waals surface area contributed by atoms with Gasteiger partial charge in [-0.2, -0.15) is 0 Å².